The van der Waals surface area contributed by atoms with Crippen LogP contribution in [-0.2, 0) is 0 Å². The topological polar surface area (TPSA) is 117 Å². The molecule has 0 aliphatic carbocycles. The minimum absolute atomic E-state index is 0.106. The summed E-state index contributed by atoms with van der Waals surface area (Å²) in [7, 11) is 0. The molecule has 2 heterocycles. The number of amides is 1. The lowest BCUT2D eigenvalue weighted by atomic mass is 10.1. The Kier molecular flexibility index (Phi) is 4.57. The summed E-state index contributed by atoms with van der Waals surface area (Å²) in [5.41, 5.74) is 19.9. The van der Waals surface area contributed by atoms with Crippen molar-refractivity contribution in [3.05, 3.63) is 83.9 Å². The summed E-state index contributed by atoms with van der Waals surface area (Å²) in [5.74, 6) is -0.603. The van der Waals surface area contributed by atoms with Crippen molar-refractivity contribution in [3.8, 4) is 0 Å². The number of benzene rings is 3. The number of carbonyl (C=O) groups is 2. The van der Waals surface area contributed by atoms with Crippen molar-refractivity contribution in [1.82, 2.24) is 4.57 Å². The Balaban J connectivity index is 0.000000206. The van der Waals surface area contributed by atoms with E-state index in [0.29, 0.717) is 22.5 Å². The van der Waals surface area contributed by atoms with Crippen molar-refractivity contribution in [3.63, 3.8) is 0 Å². The van der Waals surface area contributed by atoms with Crippen LogP contribution in [0.2, 0.25) is 0 Å². The summed E-state index contributed by atoms with van der Waals surface area (Å²) in [6.07, 6.45) is 0. The first-order valence-corrected chi connectivity index (χ1v) is 7.92. The lowest BCUT2D eigenvalue weighted by molar-refractivity contribution is 0.0965. The van der Waals surface area contributed by atoms with E-state index in [0.717, 1.165) is 11.0 Å². The molecule has 2 aromatic heterocycles. The van der Waals surface area contributed by atoms with Crippen LogP contribution in [0.25, 0.3) is 11.0 Å². The zero-order chi connectivity index (χ0) is 18.7. The number of hydrogen-bond acceptors (Lipinski definition) is 4. The highest BCUT2D eigenvalue weighted by Crippen LogP contribution is 2.19. The highest BCUT2D eigenvalue weighted by atomic mass is 16.2. The average Bonchev–Trinajstić information content (AvgIpc) is 3.25. The number of fused-ring (bicyclic) bond motifs is 2. The van der Waals surface area contributed by atoms with E-state index < -0.39 is 5.91 Å². The highest BCUT2D eigenvalue weighted by molar-refractivity contribution is 6.03. The van der Waals surface area contributed by atoms with Crippen LogP contribution in [0, 0.1) is 0 Å². The van der Waals surface area contributed by atoms with Gasteiger partial charge in [0, 0.05) is 22.2 Å². The van der Waals surface area contributed by atoms with Crippen LogP contribution in [-0.4, -0.2) is 16.4 Å². The van der Waals surface area contributed by atoms with Gasteiger partial charge in [-0.3, -0.25) is 14.2 Å². The quantitative estimate of drug-likeness (QED) is 0.484. The lowest BCUT2D eigenvalue weighted by Crippen LogP contribution is -2.13. The number of rotatable bonds is 2. The summed E-state index contributed by atoms with van der Waals surface area (Å²) in [6, 6.07) is 21.2. The van der Waals surface area contributed by atoms with Crippen LogP contribution in [0.5, 0.6) is 0 Å². The van der Waals surface area contributed by atoms with Gasteiger partial charge in [-0.05, 0) is 60.7 Å². The molecule has 6 heteroatoms. The van der Waals surface area contributed by atoms with Gasteiger partial charge in [0.15, 0.2) is 0 Å². The van der Waals surface area contributed by atoms with E-state index in [-0.39, 0.29) is 5.91 Å². The SMILES string of the molecule is NC(=O)c1ccc(C(=O)n2c3ccc2cc3)cc1.Nc1ccccc1N. The number of anilines is 2. The van der Waals surface area contributed by atoms with Crippen molar-refractivity contribution >= 4 is 34.2 Å². The van der Waals surface area contributed by atoms with E-state index in [4.69, 9.17) is 17.2 Å². The largest absolute Gasteiger partial charge is 0.397 e. The first-order chi connectivity index (χ1) is 12.5. The minimum Gasteiger partial charge on any atom is -0.397 e. The molecule has 0 aliphatic heterocycles. The maximum atomic E-state index is 12.3. The molecule has 0 atom stereocenters. The Bertz CT molecular complexity index is 982. The fraction of sp³-hybridized carbons (Fsp3) is 0. The first kappa shape index (κ1) is 17.0. The monoisotopic (exact) mass is 346 g/mol. The number of hydrogen-bond donors (Lipinski definition) is 3. The lowest BCUT2D eigenvalue weighted by Gasteiger charge is -2.03. The molecule has 130 valence electrons. The molecule has 26 heavy (non-hydrogen) atoms. The summed E-state index contributed by atoms with van der Waals surface area (Å²) in [6.45, 7) is 0. The Labute approximate surface area is 150 Å². The third-order valence-electron chi connectivity index (χ3n) is 3.98. The van der Waals surface area contributed by atoms with Crippen molar-refractivity contribution in [1.29, 1.82) is 0 Å². The van der Waals surface area contributed by atoms with Gasteiger partial charge in [-0.25, -0.2) is 0 Å². The molecule has 0 saturated carbocycles. The molecule has 4 aromatic rings. The van der Waals surface area contributed by atoms with E-state index in [1.165, 1.54) is 0 Å². The number of nitrogens with zero attached hydrogens (tertiary/aromatic N) is 1. The predicted octanol–water partition coefficient (Wildman–Crippen LogP) is 2.72. The zero-order valence-corrected chi connectivity index (χ0v) is 13.9. The predicted molar refractivity (Wildman–Crippen MR) is 103 cm³/mol. The molecule has 0 unspecified atom stereocenters. The molecule has 2 bridgehead atoms. The number of aromatic nitrogens is 1. The summed E-state index contributed by atoms with van der Waals surface area (Å²) < 4.78 is 1.64. The van der Waals surface area contributed by atoms with E-state index in [2.05, 4.69) is 0 Å². The van der Waals surface area contributed by atoms with Crippen molar-refractivity contribution < 1.29 is 9.59 Å². The van der Waals surface area contributed by atoms with Crippen LogP contribution in [0.15, 0.2) is 72.8 Å². The number of nitrogen functional groups attached to an aromatic ring is 2. The Morgan fingerprint density at radius 2 is 1.08 bits per heavy atom. The van der Waals surface area contributed by atoms with Crippen molar-refractivity contribution in [2.75, 3.05) is 11.5 Å². The van der Waals surface area contributed by atoms with Crippen molar-refractivity contribution in [2.24, 2.45) is 5.73 Å². The molecular weight excluding hydrogens is 328 g/mol. The Morgan fingerprint density at radius 3 is 1.46 bits per heavy atom. The molecule has 0 spiro atoms. The number of primary amides is 1. The second kappa shape index (κ2) is 6.98. The normalized spacial score (nSPS) is 10.3. The van der Waals surface area contributed by atoms with E-state index in [1.54, 1.807) is 41.0 Å². The Hall–Kier alpha value is -3.80. The number of para-hydroxylation sites is 2. The fourth-order valence-electron chi connectivity index (χ4n) is 2.55. The summed E-state index contributed by atoms with van der Waals surface area (Å²) >= 11 is 0. The minimum atomic E-state index is -0.498. The standard InChI is InChI=1S/C14H10N2O2.C6H8N2/c15-13(17)9-1-3-10(4-2-9)14(18)16-11-5-6-12(16)8-7-11;7-5-3-1-2-4-6(5)8/h1-8H,(H2,15,17);1-4H,7-8H2. The molecule has 0 saturated heterocycles. The second-order valence-corrected chi connectivity index (χ2v) is 5.73. The molecule has 2 aromatic carbocycles. The van der Waals surface area contributed by atoms with Gasteiger partial charge in [0.1, 0.15) is 0 Å². The molecule has 6 N–H and O–H groups in total. The Morgan fingerprint density at radius 1 is 0.654 bits per heavy atom. The fourth-order valence-corrected chi connectivity index (χ4v) is 2.55. The number of carbonyl (C=O) groups excluding carboxylic acids is 2. The third-order valence-corrected chi connectivity index (χ3v) is 3.98. The van der Waals surface area contributed by atoms with E-state index in [1.807, 2.05) is 36.4 Å². The molecule has 4 rings (SSSR count). The van der Waals surface area contributed by atoms with Gasteiger partial charge in [0.2, 0.25) is 5.91 Å². The molecule has 6 nitrogen and oxygen atoms in total. The molecule has 0 fully saturated rings. The van der Waals surface area contributed by atoms with Crippen LogP contribution in [0.3, 0.4) is 0 Å². The number of nitrogens with two attached hydrogens (primary N) is 3. The van der Waals surface area contributed by atoms with Gasteiger partial charge in [-0.15, -0.1) is 0 Å². The zero-order valence-electron chi connectivity index (χ0n) is 13.9. The smallest absolute Gasteiger partial charge is 0.262 e. The highest BCUT2D eigenvalue weighted by Gasteiger charge is 2.14. The van der Waals surface area contributed by atoms with Crippen LogP contribution in [0.1, 0.15) is 20.7 Å². The molecule has 0 aliphatic rings. The van der Waals surface area contributed by atoms with Crippen LogP contribution < -0.4 is 17.2 Å². The van der Waals surface area contributed by atoms with Crippen LogP contribution in [0.4, 0.5) is 11.4 Å². The third kappa shape index (κ3) is 3.34. The van der Waals surface area contributed by atoms with Gasteiger partial charge in [0.25, 0.3) is 5.91 Å². The maximum absolute atomic E-state index is 12.3. The average molecular weight is 346 g/mol. The van der Waals surface area contributed by atoms with Crippen LogP contribution >= 0.6 is 0 Å². The summed E-state index contributed by atoms with van der Waals surface area (Å²) in [5, 5.41) is 0. The molecular formula is C20H18N4O2. The first-order valence-electron chi connectivity index (χ1n) is 7.92. The second-order valence-electron chi connectivity index (χ2n) is 5.73. The maximum Gasteiger partial charge on any atom is 0.262 e. The molecule has 0 radical (unpaired) electrons. The van der Waals surface area contributed by atoms with Gasteiger partial charge in [-0.1, -0.05) is 12.1 Å². The van der Waals surface area contributed by atoms with Crippen molar-refractivity contribution in [2.45, 2.75) is 0 Å². The van der Waals surface area contributed by atoms with Gasteiger partial charge >= 0.3 is 0 Å². The van der Waals surface area contributed by atoms with Gasteiger partial charge in [-0.2, -0.15) is 0 Å². The van der Waals surface area contributed by atoms with Gasteiger partial charge < -0.3 is 17.2 Å². The molecule has 1 amide bonds. The van der Waals surface area contributed by atoms with E-state index in [9.17, 15) is 9.59 Å². The van der Waals surface area contributed by atoms with Gasteiger partial charge in [0.05, 0.1) is 11.4 Å². The summed E-state index contributed by atoms with van der Waals surface area (Å²) in [4.78, 5) is 23.2. The van der Waals surface area contributed by atoms with E-state index >= 15 is 0 Å².